The lowest BCUT2D eigenvalue weighted by molar-refractivity contribution is -0.137. The van der Waals surface area contributed by atoms with Gasteiger partial charge in [-0.25, -0.2) is 14.6 Å². The normalized spacial score (nSPS) is 11.2. The summed E-state index contributed by atoms with van der Waals surface area (Å²) in [6, 6.07) is 10.6. The standard InChI is InChI=1S/C20H16F3N3O3/c1-29-18(27)17-9-15-13(11-24-17)3-2-4-16(15)26-19(28)25-10-12-5-7-14(8-6-12)20(21,22)23/h2-9,11H,10H2,1H3,(H2,25,26,28). The Hall–Kier alpha value is -3.62. The average Bonchev–Trinajstić information content (AvgIpc) is 2.71. The van der Waals surface area contributed by atoms with Crippen LogP contribution in [0.2, 0.25) is 0 Å². The van der Waals surface area contributed by atoms with Crippen LogP contribution < -0.4 is 10.6 Å². The van der Waals surface area contributed by atoms with Gasteiger partial charge < -0.3 is 15.4 Å². The SMILES string of the molecule is COC(=O)c1cc2c(NC(=O)NCc3ccc(C(F)(F)F)cc3)cccc2cn1. The smallest absolute Gasteiger partial charge is 0.416 e. The van der Waals surface area contributed by atoms with Crippen LogP contribution in [0.5, 0.6) is 0 Å². The van der Waals surface area contributed by atoms with Gasteiger partial charge in [-0.15, -0.1) is 0 Å². The van der Waals surface area contributed by atoms with Crippen molar-refractivity contribution < 1.29 is 27.5 Å². The molecule has 0 aliphatic carbocycles. The molecule has 150 valence electrons. The molecular formula is C20H16F3N3O3. The number of aromatic nitrogens is 1. The number of hydrogen-bond acceptors (Lipinski definition) is 4. The maximum Gasteiger partial charge on any atom is 0.416 e. The first-order chi connectivity index (χ1) is 13.8. The number of fused-ring (bicyclic) bond motifs is 1. The van der Waals surface area contributed by atoms with E-state index < -0.39 is 23.7 Å². The molecule has 29 heavy (non-hydrogen) atoms. The fourth-order valence-corrected chi connectivity index (χ4v) is 2.66. The fourth-order valence-electron chi connectivity index (χ4n) is 2.66. The lowest BCUT2D eigenvalue weighted by Gasteiger charge is -2.11. The number of urea groups is 1. The van der Waals surface area contributed by atoms with Gasteiger partial charge in [-0.1, -0.05) is 24.3 Å². The van der Waals surface area contributed by atoms with E-state index in [0.717, 1.165) is 12.1 Å². The summed E-state index contributed by atoms with van der Waals surface area (Å²) >= 11 is 0. The predicted octanol–water partition coefficient (Wildman–Crippen LogP) is 4.36. The molecule has 3 aromatic rings. The van der Waals surface area contributed by atoms with Crippen molar-refractivity contribution in [2.24, 2.45) is 0 Å². The van der Waals surface area contributed by atoms with Crippen LogP contribution in [-0.4, -0.2) is 24.1 Å². The molecule has 0 unspecified atom stereocenters. The van der Waals surface area contributed by atoms with Gasteiger partial charge in [0.25, 0.3) is 0 Å². The summed E-state index contributed by atoms with van der Waals surface area (Å²) in [6.45, 7) is 0.0453. The van der Waals surface area contributed by atoms with Crippen LogP contribution in [-0.2, 0) is 17.5 Å². The van der Waals surface area contributed by atoms with Gasteiger partial charge in [-0.3, -0.25) is 0 Å². The quantitative estimate of drug-likeness (QED) is 0.635. The van der Waals surface area contributed by atoms with Crippen molar-refractivity contribution in [2.75, 3.05) is 12.4 Å². The number of nitrogens with zero attached hydrogens (tertiary/aromatic N) is 1. The minimum absolute atomic E-state index is 0.0453. The molecule has 2 N–H and O–H groups in total. The molecule has 2 aromatic carbocycles. The van der Waals surface area contributed by atoms with E-state index in [0.29, 0.717) is 22.0 Å². The van der Waals surface area contributed by atoms with Crippen LogP contribution in [0.4, 0.5) is 23.7 Å². The Morgan fingerprint density at radius 3 is 2.48 bits per heavy atom. The lowest BCUT2D eigenvalue weighted by Crippen LogP contribution is -2.28. The first-order valence-corrected chi connectivity index (χ1v) is 8.46. The Morgan fingerprint density at radius 2 is 1.83 bits per heavy atom. The first-order valence-electron chi connectivity index (χ1n) is 8.46. The third-order valence-electron chi connectivity index (χ3n) is 4.14. The Morgan fingerprint density at radius 1 is 1.10 bits per heavy atom. The van der Waals surface area contributed by atoms with Gasteiger partial charge in [0.05, 0.1) is 18.4 Å². The average molecular weight is 403 g/mol. The third-order valence-corrected chi connectivity index (χ3v) is 4.14. The minimum Gasteiger partial charge on any atom is -0.464 e. The highest BCUT2D eigenvalue weighted by molar-refractivity contribution is 6.03. The summed E-state index contributed by atoms with van der Waals surface area (Å²) in [5, 5.41) is 6.54. The number of esters is 1. The van der Waals surface area contributed by atoms with E-state index in [1.807, 2.05) is 0 Å². The molecular weight excluding hydrogens is 387 g/mol. The molecule has 0 aliphatic heterocycles. The predicted molar refractivity (Wildman–Crippen MR) is 100 cm³/mol. The number of methoxy groups -OCH3 is 1. The molecule has 0 bridgehead atoms. The van der Waals surface area contributed by atoms with E-state index in [-0.39, 0.29) is 12.2 Å². The lowest BCUT2D eigenvalue weighted by atomic mass is 10.1. The van der Waals surface area contributed by atoms with Crippen LogP contribution in [0.1, 0.15) is 21.6 Å². The zero-order valence-electron chi connectivity index (χ0n) is 15.2. The van der Waals surface area contributed by atoms with Crippen molar-refractivity contribution in [3.05, 3.63) is 71.5 Å². The second-order valence-electron chi connectivity index (χ2n) is 6.09. The first kappa shape index (κ1) is 20.1. The monoisotopic (exact) mass is 403 g/mol. The van der Waals surface area contributed by atoms with Crippen LogP contribution in [0.25, 0.3) is 10.8 Å². The number of rotatable bonds is 4. The van der Waals surface area contributed by atoms with Crippen molar-refractivity contribution in [1.29, 1.82) is 0 Å². The van der Waals surface area contributed by atoms with Crippen molar-refractivity contribution in [1.82, 2.24) is 10.3 Å². The van der Waals surface area contributed by atoms with Crippen LogP contribution in [0.3, 0.4) is 0 Å². The summed E-state index contributed by atoms with van der Waals surface area (Å²) in [6.07, 6.45) is -2.91. The van der Waals surface area contributed by atoms with Crippen LogP contribution in [0.15, 0.2) is 54.7 Å². The molecule has 0 spiro atoms. The Balaban J connectivity index is 1.70. The van der Waals surface area contributed by atoms with Gasteiger partial charge in [0.2, 0.25) is 0 Å². The maximum atomic E-state index is 12.6. The number of pyridine rings is 1. The molecule has 0 radical (unpaired) electrons. The van der Waals surface area contributed by atoms with Crippen LogP contribution in [0, 0.1) is 0 Å². The molecule has 0 aliphatic rings. The summed E-state index contributed by atoms with van der Waals surface area (Å²) in [4.78, 5) is 27.9. The van der Waals surface area contributed by atoms with Crippen LogP contribution >= 0.6 is 0 Å². The van der Waals surface area contributed by atoms with Crippen molar-refractivity contribution >= 4 is 28.5 Å². The van der Waals surface area contributed by atoms with E-state index in [4.69, 9.17) is 0 Å². The van der Waals surface area contributed by atoms with Gasteiger partial charge in [0.15, 0.2) is 0 Å². The highest BCUT2D eigenvalue weighted by atomic mass is 19.4. The van der Waals surface area contributed by atoms with E-state index in [1.165, 1.54) is 31.5 Å². The summed E-state index contributed by atoms with van der Waals surface area (Å²) in [5.74, 6) is -0.603. The van der Waals surface area contributed by atoms with E-state index >= 15 is 0 Å². The van der Waals surface area contributed by atoms with Gasteiger partial charge in [0, 0.05) is 23.5 Å². The summed E-state index contributed by atoms with van der Waals surface area (Å²) < 4.78 is 42.4. The van der Waals surface area contributed by atoms with Crippen molar-refractivity contribution in [3.8, 4) is 0 Å². The molecule has 0 saturated carbocycles. The maximum absolute atomic E-state index is 12.6. The highest BCUT2D eigenvalue weighted by Crippen LogP contribution is 2.29. The van der Waals surface area contributed by atoms with Gasteiger partial charge in [0.1, 0.15) is 5.69 Å². The second-order valence-corrected chi connectivity index (χ2v) is 6.09. The summed E-state index contributed by atoms with van der Waals surface area (Å²) in [7, 11) is 1.24. The number of anilines is 1. The zero-order valence-corrected chi connectivity index (χ0v) is 15.2. The molecule has 3 rings (SSSR count). The number of carbonyl (C=O) groups is 2. The number of carbonyl (C=O) groups excluding carboxylic acids is 2. The van der Waals surface area contributed by atoms with Gasteiger partial charge in [-0.2, -0.15) is 13.2 Å². The topological polar surface area (TPSA) is 80.3 Å². The number of alkyl halides is 3. The second kappa shape index (κ2) is 8.17. The van der Waals surface area contributed by atoms with Gasteiger partial charge in [-0.05, 0) is 29.8 Å². The number of ether oxygens (including phenoxy) is 1. The number of halogens is 3. The fraction of sp³-hybridized carbons (Fsp3) is 0.150. The molecule has 9 heteroatoms. The number of benzene rings is 2. The Kier molecular flexibility index (Phi) is 5.67. The molecule has 1 aromatic heterocycles. The Bertz CT molecular complexity index is 1050. The number of hydrogen-bond donors (Lipinski definition) is 2. The van der Waals surface area contributed by atoms with Gasteiger partial charge >= 0.3 is 18.2 Å². The molecule has 0 fully saturated rings. The molecule has 1 heterocycles. The molecule has 0 saturated heterocycles. The minimum atomic E-state index is -4.41. The number of nitrogens with one attached hydrogen (secondary N) is 2. The number of amides is 2. The third kappa shape index (κ3) is 4.81. The molecule has 0 atom stereocenters. The van der Waals surface area contributed by atoms with E-state index in [1.54, 1.807) is 18.2 Å². The molecule has 2 amide bonds. The largest absolute Gasteiger partial charge is 0.464 e. The van der Waals surface area contributed by atoms with Crippen molar-refractivity contribution in [2.45, 2.75) is 12.7 Å². The van der Waals surface area contributed by atoms with Crippen molar-refractivity contribution in [3.63, 3.8) is 0 Å². The van der Waals surface area contributed by atoms with E-state index in [9.17, 15) is 22.8 Å². The molecule has 6 nitrogen and oxygen atoms in total. The summed E-state index contributed by atoms with van der Waals surface area (Å²) in [5.41, 5.74) is 0.305. The Labute approximate surface area is 163 Å². The highest BCUT2D eigenvalue weighted by Gasteiger charge is 2.29. The zero-order chi connectivity index (χ0) is 21.0. The van der Waals surface area contributed by atoms with E-state index in [2.05, 4.69) is 20.4 Å².